The zero-order valence-electron chi connectivity index (χ0n) is 14.8. The van der Waals surface area contributed by atoms with E-state index < -0.39 is 0 Å². The molecule has 3 aromatic rings. The Kier molecular flexibility index (Phi) is 3.57. The molecule has 0 spiro atoms. The van der Waals surface area contributed by atoms with Gasteiger partial charge in [-0.05, 0) is 48.9 Å². The third-order valence-electron chi connectivity index (χ3n) is 4.84. The predicted molar refractivity (Wildman–Crippen MR) is 98.7 cm³/mol. The largest absolute Gasteiger partial charge is 0.462 e. The Bertz CT molecular complexity index is 1030. The summed E-state index contributed by atoms with van der Waals surface area (Å²) in [4.78, 5) is 15.0. The van der Waals surface area contributed by atoms with Crippen molar-refractivity contribution in [2.45, 2.75) is 19.6 Å². The Balaban J connectivity index is 1.53. The van der Waals surface area contributed by atoms with E-state index >= 15 is 0 Å². The highest BCUT2D eigenvalue weighted by Gasteiger charge is 2.34. The number of hydrogen-bond donors (Lipinski definition) is 1. The minimum Gasteiger partial charge on any atom is -0.462 e. The zero-order valence-corrected chi connectivity index (χ0v) is 14.8. The molecule has 0 radical (unpaired) electrons. The summed E-state index contributed by atoms with van der Waals surface area (Å²) in [6.45, 7) is 2.54. The van der Waals surface area contributed by atoms with Crippen LogP contribution in [-0.2, 0) is 6.54 Å². The van der Waals surface area contributed by atoms with Crippen LogP contribution in [-0.4, -0.2) is 17.6 Å². The van der Waals surface area contributed by atoms with Gasteiger partial charge >= 0.3 is 0 Å². The Morgan fingerprint density at radius 3 is 2.78 bits per heavy atom. The van der Waals surface area contributed by atoms with E-state index in [2.05, 4.69) is 5.32 Å². The lowest BCUT2D eigenvalue weighted by molar-refractivity contribution is 0.0644. The Morgan fingerprint density at radius 2 is 1.93 bits per heavy atom. The zero-order chi connectivity index (χ0) is 18.4. The molecule has 27 heavy (non-hydrogen) atoms. The third kappa shape index (κ3) is 2.70. The quantitative estimate of drug-likeness (QED) is 0.760. The number of para-hydroxylation sites is 1. The molecule has 2 aliphatic heterocycles. The first-order valence-electron chi connectivity index (χ1n) is 8.80. The number of nitrogens with one attached hydrogen (secondary N) is 1. The van der Waals surface area contributed by atoms with Crippen molar-refractivity contribution in [2.24, 2.45) is 0 Å². The topological polar surface area (TPSA) is 63.9 Å². The van der Waals surface area contributed by atoms with E-state index in [1.165, 1.54) is 0 Å². The molecular formula is C21H18N2O4. The van der Waals surface area contributed by atoms with Crippen molar-refractivity contribution in [1.82, 2.24) is 4.90 Å². The van der Waals surface area contributed by atoms with Crippen LogP contribution < -0.4 is 14.8 Å². The average Bonchev–Trinajstić information content (AvgIpc) is 3.32. The van der Waals surface area contributed by atoms with Crippen molar-refractivity contribution in [3.8, 4) is 11.5 Å². The molecule has 1 N–H and O–H groups in total. The number of furan rings is 1. The summed E-state index contributed by atoms with van der Waals surface area (Å²) in [5.41, 5.74) is 2.42. The van der Waals surface area contributed by atoms with Gasteiger partial charge in [-0.1, -0.05) is 18.2 Å². The minimum atomic E-state index is -0.383. The van der Waals surface area contributed by atoms with Crippen molar-refractivity contribution in [3.05, 3.63) is 77.2 Å². The molecule has 5 rings (SSSR count). The highest BCUT2D eigenvalue weighted by Crippen LogP contribution is 2.37. The number of aryl methyl sites for hydroxylation is 1. The molecule has 2 aromatic carbocycles. The number of anilines is 1. The average molecular weight is 362 g/mol. The van der Waals surface area contributed by atoms with Crippen molar-refractivity contribution in [2.75, 3.05) is 12.1 Å². The SMILES string of the molecule is Cc1ccc([C@H]2Nc3ccccc3C(=O)N2Cc2ccc3c(c2)OCO3)o1. The second-order valence-corrected chi connectivity index (χ2v) is 6.66. The molecule has 0 fully saturated rings. The standard InChI is InChI=1S/C21H18N2O4/c1-13-6-8-18(27-13)20-22-16-5-3-2-4-15(16)21(24)23(20)11-14-7-9-17-19(10-14)26-12-25-17/h2-10,20,22H,11-12H2,1H3/t20-/m0/s1. The molecule has 1 amide bonds. The van der Waals surface area contributed by atoms with Gasteiger partial charge in [0.15, 0.2) is 17.7 Å². The maximum atomic E-state index is 13.2. The number of fused-ring (bicyclic) bond motifs is 2. The van der Waals surface area contributed by atoms with Crippen LogP contribution in [0.15, 0.2) is 59.0 Å². The fourth-order valence-electron chi connectivity index (χ4n) is 3.52. The summed E-state index contributed by atoms with van der Waals surface area (Å²) < 4.78 is 16.7. The number of benzene rings is 2. The lowest BCUT2D eigenvalue weighted by atomic mass is 10.1. The summed E-state index contributed by atoms with van der Waals surface area (Å²) in [5.74, 6) is 2.90. The Morgan fingerprint density at radius 1 is 1.07 bits per heavy atom. The number of ether oxygens (including phenoxy) is 2. The fraction of sp³-hybridized carbons (Fsp3) is 0.190. The van der Waals surface area contributed by atoms with Crippen molar-refractivity contribution in [1.29, 1.82) is 0 Å². The van der Waals surface area contributed by atoms with E-state index in [-0.39, 0.29) is 18.9 Å². The molecule has 0 bridgehead atoms. The van der Waals surface area contributed by atoms with E-state index in [0.29, 0.717) is 23.6 Å². The molecule has 2 aliphatic rings. The molecule has 6 heteroatoms. The molecule has 0 saturated heterocycles. The van der Waals surface area contributed by atoms with Crippen LogP contribution in [0.2, 0.25) is 0 Å². The second kappa shape index (κ2) is 6.09. The summed E-state index contributed by atoms with van der Waals surface area (Å²) >= 11 is 0. The number of hydrogen-bond acceptors (Lipinski definition) is 5. The Labute approximate surface area is 156 Å². The number of amides is 1. The monoisotopic (exact) mass is 362 g/mol. The van der Waals surface area contributed by atoms with Crippen molar-refractivity contribution in [3.63, 3.8) is 0 Å². The molecule has 1 aromatic heterocycles. The molecular weight excluding hydrogens is 344 g/mol. The van der Waals surface area contributed by atoms with Gasteiger partial charge in [0.05, 0.1) is 5.56 Å². The molecule has 1 atom stereocenters. The lowest BCUT2D eigenvalue weighted by Gasteiger charge is -2.36. The van der Waals surface area contributed by atoms with Crippen LogP contribution in [0.4, 0.5) is 5.69 Å². The van der Waals surface area contributed by atoms with Crippen LogP contribution in [0.1, 0.15) is 33.6 Å². The van der Waals surface area contributed by atoms with Crippen LogP contribution in [0, 0.1) is 6.92 Å². The first-order chi connectivity index (χ1) is 13.2. The van der Waals surface area contributed by atoms with Gasteiger partial charge in [0, 0.05) is 12.2 Å². The summed E-state index contributed by atoms with van der Waals surface area (Å²) in [7, 11) is 0. The maximum absolute atomic E-state index is 13.2. The summed E-state index contributed by atoms with van der Waals surface area (Å²) in [6.07, 6.45) is -0.383. The van der Waals surface area contributed by atoms with Gasteiger partial charge in [0.25, 0.3) is 5.91 Å². The molecule has 136 valence electrons. The lowest BCUT2D eigenvalue weighted by Crippen LogP contribution is -2.42. The van der Waals surface area contributed by atoms with Gasteiger partial charge in [-0.15, -0.1) is 0 Å². The number of carbonyl (C=O) groups is 1. The van der Waals surface area contributed by atoms with Gasteiger partial charge in [0.2, 0.25) is 6.79 Å². The van der Waals surface area contributed by atoms with E-state index in [0.717, 1.165) is 22.8 Å². The molecule has 3 heterocycles. The predicted octanol–water partition coefficient (Wildman–Crippen LogP) is 4.08. The third-order valence-corrected chi connectivity index (χ3v) is 4.84. The number of nitrogens with zero attached hydrogens (tertiary/aromatic N) is 1. The normalized spacial score (nSPS) is 17.6. The number of carbonyl (C=O) groups excluding carboxylic acids is 1. The summed E-state index contributed by atoms with van der Waals surface area (Å²) in [5, 5.41) is 3.44. The van der Waals surface area contributed by atoms with E-state index in [4.69, 9.17) is 13.9 Å². The molecule has 0 unspecified atom stereocenters. The summed E-state index contributed by atoms with van der Waals surface area (Å²) in [6, 6.07) is 17.1. The Hall–Kier alpha value is -3.41. The smallest absolute Gasteiger partial charge is 0.258 e. The van der Waals surface area contributed by atoms with Gasteiger partial charge in [-0.3, -0.25) is 4.79 Å². The van der Waals surface area contributed by atoms with Gasteiger partial charge in [-0.2, -0.15) is 0 Å². The van der Waals surface area contributed by atoms with Crippen molar-refractivity contribution >= 4 is 11.6 Å². The minimum absolute atomic E-state index is 0.0407. The highest BCUT2D eigenvalue weighted by molar-refractivity contribution is 6.01. The van der Waals surface area contributed by atoms with E-state index in [1.807, 2.05) is 61.5 Å². The van der Waals surface area contributed by atoms with Crippen molar-refractivity contribution < 1.29 is 18.7 Å². The molecule has 0 aliphatic carbocycles. The van der Waals surface area contributed by atoms with Crippen LogP contribution in [0.3, 0.4) is 0 Å². The molecule has 6 nitrogen and oxygen atoms in total. The van der Waals surface area contributed by atoms with Crippen LogP contribution in [0.25, 0.3) is 0 Å². The molecule has 0 saturated carbocycles. The second-order valence-electron chi connectivity index (χ2n) is 6.66. The van der Waals surface area contributed by atoms with Gasteiger partial charge in [-0.25, -0.2) is 0 Å². The first-order valence-corrected chi connectivity index (χ1v) is 8.80. The van der Waals surface area contributed by atoms with Crippen LogP contribution >= 0.6 is 0 Å². The number of rotatable bonds is 3. The maximum Gasteiger partial charge on any atom is 0.258 e. The van der Waals surface area contributed by atoms with E-state index in [9.17, 15) is 4.79 Å². The highest BCUT2D eigenvalue weighted by atomic mass is 16.7. The first kappa shape index (κ1) is 15.8. The van der Waals surface area contributed by atoms with E-state index in [1.54, 1.807) is 4.90 Å². The van der Waals surface area contributed by atoms with Gasteiger partial charge in [0.1, 0.15) is 11.5 Å². The fourth-order valence-corrected chi connectivity index (χ4v) is 3.52. The van der Waals surface area contributed by atoms with Gasteiger partial charge < -0.3 is 24.1 Å². The van der Waals surface area contributed by atoms with Crippen LogP contribution in [0.5, 0.6) is 11.5 Å².